The van der Waals surface area contributed by atoms with Crippen molar-refractivity contribution < 1.29 is 0 Å². The molecule has 2 atom stereocenters. The average Bonchev–Trinajstić information content (AvgIpc) is 2.62. The molecule has 0 spiro atoms. The summed E-state index contributed by atoms with van der Waals surface area (Å²) in [6.07, 6.45) is 14.8. The quantitative estimate of drug-likeness (QED) is 0.507. The predicted molar refractivity (Wildman–Crippen MR) is 50.8 cm³/mol. The van der Waals surface area contributed by atoms with E-state index in [2.05, 4.69) is 24.3 Å². The van der Waals surface area contributed by atoms with Crippen molar-refractivity contribution in [3.8, 4) is 0 Å². The molecule has 12 heavy (non-hydrogen) atoms. The Kier molecular flexibility index (Phi) is 1.31. The van der Waals surface area contributed by atoms with Gasteiger partial charge in [-0.2, -0.15) is 0 Å². The first-order valence-electron chi connectivity index (χ1n) is 5.03. The number of rotatable bonds is 0. The number of hydrogen-bond acceptors (Lipinski definition) is 0. The molecule has 0 heterocycles. The summed E-state index contributed by atoms with van der Waals surface area (Å²) in [5, 5.41) is 0. The molecule has 3 aliphatic carbocycles. The van der Waals surface area contributed by atoms with Crippen molar-refractivity contribution in [3.05, 3.63) is 35.5 Å². The molecule has 0 nitrogen and oxygen atoms in total. The zero-order valence-corrected chi connectivity index (χ0v) is 7.29. The highest BCUT2D eigenvalue weighted by molar-refractivity contribution is 5.42. The van der Waals surface area contributed by atoms with Gasteiger partial charge in [0, 0.05) is 5.92 Å². The van der Waals surface area contributed by atoms with Crippen LogP contribution in [-0.4, -0.2) is 0 Å². The molecule has 0 N–H and O–H groups in total. The van der Waals surface area contributed by atoms with Gasteiger partial charge in [0.1, 0.15) is 0 Å². The molecule has 1 saturated carbocycles. The van der Waals surface area contributed by atoms with Crippen molar-refractivity contribution in [2.24, 2.45) is 11.8 Å². The Balaban J connectivity index is 2.06. The number of fused-ring (bicyclic) bond motifs is 2. The Morgan fingerprint density at radius 1 is 1.25 bits per heavy atom. The van der Waals surface area contributed by atoms with Crippen molar-refractivity contribution >= 4 is 0 Å². The van der Waals surface area contributed by atoms with Gasteiger partial charge in [-0.05, 0) is 37.2 Å². The second-order valence-electron chi connectivity index (χ2n) is 4.16. The summed E-state index contributed by atoms with van der Waals surface area (Å²) in [4.78, 5) is 0. The highest BCUT2D eigenvalue weighted by atomic mass is 14.4. The van der Waals surface area contributed by atoms with Gasteiger partial charge < -0.3 is 0 Å². The van der Waals surface area contributed by atoms with Crippen molar-refractivity contribution in [1.29, 1.82) is 0 Å². The SMILES string of the molecule is C1=CC2=C3CCCC3CC2C=C1. The highest BCUT2D eigenvalue weighted by Gasteiger charge is 2.33. The molecular weight excluding hydrogens is 144 g/mol. The lowest BCUT2D eigenvalue weighted by molar-refractivity contribution is 0.558. The van der Waals surface area contributed by atoms with Gasteiger partial charge in [0.25, 0.3) is 0 Å². The molecule has 0 amide bonds. The lowest BCUT2D eigenvalue weighted by Gasteiger charge is -2.10. The first kappa shape index (κ1) is 6.71. The second-order valence-corrected chi connectivity index (χ2v) is 4.16. The van der Waals surface area contributed by atoms with Crippen LogP contribution in [0.25, 0.3) is 0 Å². The van der Waals surface area contributed by atoms with Crippen LogP contribution in [0.1, 0.15) is 25.7 Å². The molecule has 1 fully saturated rings. The fraction of sp³-hybridized carbons (Fsp3) is 0.500. The summed E-state index contributed by atoms with van der Waals surface area (Å²) < 4.78 is 0. The zero-order valence-electron chi connectivity index (χ0n) is 7.29. The molecule has 0 radical (unpaired) electrons. The maximum atomic E-state index is 2.38. The van der Waals surface area contributed by atoms with Crippen LogP contribution in [0.4, 0.5) is 0 Å². The summed E-state index contributed by atoms with van der Waals surface area (Å²) in [6.45, 7) is 0. The van der Waals surface area contributed by atoms with E-state index in [1.807, 2.05) is 0 Å². The van der Waals surface area contributed by atoms with Crippen LogP contribution in [0.3, 0.4) is 0 Å². The topological polar surface area (TPSA) is 0 Å². The molecule has 0 bridgehead atoms. The Morgan fingerprint density at radius 3 is 3.25 bits per heavy atom. The molecule has 0 aromatic carbocycles. The van der Waals surface area contributed by atoms with Gasteiger partial charge in [-0.1, -0.05) is 29.9 Å². The van der Waals surface area contributed by atoms with E-state index in [-0.39, 0.29) is 0 Å². The fourth-order valence-electron chi connectivity index (χ4n) is 3.00. The van der Waals surface area contributed by atoms with Gasteiger partial charge in [0.05, 0.1) is 0 Å². The maximum Gasteiger partial charge on any atom is 0.00264 e. The van der Waals surface area contributed by atoms with E-state index < -0.39 is 0 Å². The minimum Gasteiger partial charge on any atom is -0.0770 e. The third-order valence-corrected chi connectivity index (χ3v) is 3.53. The van der Waals surface area contributed by atoms with Gasteiger partial charge in [0.2, 0.25) is 0 Å². The van der Waals surface area contributed by atoms with Crippen LogP contribution in [0, 0.1) is 11.8 Å². The Hall–Kier alpha value is -0.780. The van der Waals surface area contributed by atoms with Gasteiger partial charge in [-0.15, -0.1) is 0 Å². The van der Waals surface area contributed by atoms with E-state index >= 15 is 0 Å². The standard InChI is InChI=1S/C12H14/c1-2-6-11-9(4-1)8-10-5-3-7-12(10)11/h1-2,4,6,9-10H,3,5,7-8H2. The van der Waals surface area contributed by atoms with Crippen molar-refractivity contribution in [1.82, 2.24) is 0 Å². The van der Waals surface area contributed by atoms with Gasteiger partial charge in [-0.3, -0.25) is 0 Å². The summed E-state index contributed by atoms with van der Waals surface area (Å²) in [5.41, 5.74) is 3.46. The third-order valence-electron chi connectivity index (χ3n) is 3.53. The second kappa shape index (κ2) is 2.35. The van der Waals surface area contributed by atoms with Crippen molar-refractivity contribution in [2.45, 2.75) is 25.7 Å². The molecule has 3 aliphatic rings. The Labute approximate surface area is 73.7 Å². The number of hydrogen-bond donors (Lipinski definition) is 0. The van der Waals surface area contributed by atoms with Gasteiger partial charge >= 0.3 is 0 Å². The van der Waals surface area contributed by atoms with E-state index in [0.29, 0.717) is 0 Å². The first-order valence-corrected chi connectivity index (χ1v) is 5.03. The largest absolute Gasteiger partial charge is 0.0770 e. The summed E-state index contributed by atoms with van der Waals surface area (Å²) in [7, 11) is 0. The molecular formula is C12H14. The monoisotopic (exact) mass is 158 g/mol. The normalized spacial score (nSPS) is 37.3. The summed E-state index contributed by atoms with van der Waals surface area (Å²) in [6, 6.07) is 0. The summed E-state index contributed by atoms with van der Waals surface area (Å²) in [5.74, 6) is 1.74. The van der Waals surface area contributed by atoms with Crippen molar-refractivity contribution in [2.75, 3.05) is 0 Å². The summed E-state index contributed by atoms with van der Waals surface area (Å²) >= 11 is 0. The fourth-order valence-corrected chi connectivity index (χ4v) is 3.00. The highest BCUT2D eigenvalue weighted by Crippen LogP contribution is 2.47. The van der Waals surface area contributed by atoms with Crippen LogP contribution in [0.15, 0.2) is 35.5 Å². The lowest BCUT2D eigenvalue weighted by atomic mass is 9.94. The Morgan fingerprint density at radius 2 is 2.25 bits per heavy atom. The molecule has 62 valence electrons. The van der Waals surface area contributed by atoms with Crippen LogP contribution in [-0.2, 0) is 0 Å². The van der Waals surface area contributed by atoms with Crippen LogP contribution < -0.4 is 0 Å². The Bertz CT molecular complexity index is 291. The molecule has 3 rings (SSSR count). The van der Waals surface area contributed by atoms with E-state index in [1.54, 1.807) is 11.1 Å². The zero-order chi connectivity index (χ0) is 7.97. The van der Waals surface area contributed by atoms with Crippen LogP contribution >= 0.6 is 0 Å². The lowest BCUT2D eigenvalue weighted by Crippen LogP contribution is -1.97. The van der Waals surface area contributed by atoms with E-state index in [1.165, 1.54) is 25.7 Å². The van der Waals surface area contributed by atoms with Crippen molar-refractivity contribution in [3.63, 3.8) is 0 Å². The average molecular weight is 158 g/mol. The minimum absolute atomic E-state index is 0.787. The smallest absolute Gasteiger partial charge is 0.00264 e. The van der Waals surface area contributed by atoms with Crippen LogP contribution in [0.5, 0.6) is 0 Å². The maximum absolute atomic E-state index is 2.38. The first-order chi connectivity index (χ1) is 5.95. The molecule has 0 saturated heterocycles. The minimum atomic E-state index is 0.787. The predicted octanol–water partition coefficient (Wildman–Crippen LogP) is 3.23. The van der Waals surface area contributed by atoms with E-state index in [0.717, 1.165) is 11.8 Å². The number of allylic oxidation sites excluding steroid dienone is 6. The third kappa shape index (κ3) is 0.782. The molecule has 0 aromatic rings. The molecule has 0 aliphatic heterocycles. The van der Waals surface area contributed by atoms with Gasteiger partial charge in [0.15, 0.2) is 0 Å². The van der Waals surface area contributed by atoms with E-state index in [4.69, 9.17) is 0 Å². The van der Waals surface area contributed by atoms with E-state index in [9.17, 15) is 0 Å². The molecule has 2 unspecified atom stereocenters. The van der Waals surface area contributed by atoms with Gasteiger partial charge in [-0.25, -0.2) is 0 Å². The van der Waals surface area contributed by atoms with Crippen LogP contribution in [0.2, 0.25) is 0 Å². The molecule has 0 aromatic heterocycles. The molecule has 0 heteroatoms.